The van der Waals surface area contributed by atoms with Gasteiger partial charge in [0.2, 0.25) is 5.91 Å². The molecule has 3 N–H and O–H groups in total. The second-order valence-corrected chi connectivity index (χ2v) is 6.79. The maximum atomic E-state index is 12.6. The van der Waals surface area contributed by atoms with E-state index in [0.29, 0.717) is 23.3 Å². The molecule has 1 aliphatic carbocycles. The van der Waals surface area contributed by atoms with E-state index in [-0.39, 0.29) is 11.9 Å². The number of carbonyl (C=O) groups is 1. The molecule has 6 nitrogen and oxygen atoms in total. The van der Waals surface area contributed by atoms with Gasteiger partial charge < -0.3 is 15.6 Å². The summed E-state index contributed by atoms with van der Waals surface area (Å²) in [6, 6.07) is 6.80. The van der Waals surface area contributed by atoms with Crippen molar-refractivity contribution in [1.29, 1.82) is 0 Å². The molecule has 1 aliphatic rings. The lowest BCUT2D eigenvalue weighted by Crippen LogP contribution is -2.45. The summed E-state index contributed by atoms with van der Waals surface area (Å²) in [4.78, 5) is 17.0. The second-order valence-electron chi connectivity index (χ2n) is 6.35. The summed E-state index contributed by atoms with van der Waals surface area (Å²) in [5.74, 6) is 0.823. The summed E-state index contributed by atoms with van der Waals surface area (Å²) in [5.41, 5.74) is 6.19. The van der Waals surface area contributed by atoms with Gasteiger partial charge in [-0.25, -0.2) is 0 Å². The Balaban J connectivity index is 1.70. The first-order valence-electron chi connectivity index (χ1n) is 8.15. The van der Waals surface area contributed by atoms with Crippen LogP contribution in [0, 0.1) is 5.41 Å². The van der Waals surface area contributed by atoms with Crippen molar-refractivity contribution in [3.05, 3.63) is 35.1 Å². The van der Waals surface area contributed by atoms with Crippen LogP contribution in [0.4, 0.5) is 0 Å². The zero-order valence-corrected chi connectivity index (χ0v) is 14.3. The quantitative estimate of drug-likeness (QED) is 0.865. The second kappa shape index (κ2) is 6.91. The van der Waals surface area contributed by atoms with Crippen molar-refractivity contribution in [3.8, 4) is 11.5 Å². The molecule has 1 atom stereocenters. The largest absolute Gasteiger partial charge is 0.346 e. The van der Waals surface area contributed by atoms with E-state index in [4.69, 9.17) is 21.9 Å². The van der Waals surface area contributed by atoms with E-state index in [2.05, 4.69) is 15.5 Å². The highest BCUT2D eigenvalue weighted by Gasteiger charge is 2.40. The molecule has 3 rings (SSSR count). The average molecular weight is 349 g/mol. The summed E-state index contributed by atoms with van der Waals surface area (Å²) in [6.45, 7) is 2.21. The number of halogens is 1. The SMILES string of the molecule is CC(NC(=O)C1(CN)CCCC1)c1noc(-c2ccc(Cl)cc2)n1. The number of benzene rings is 1. The Kier molecular flexibility index (Phi) is 4.87. The van der Waals surface area contributed by atoms with Crippen LogP contribution in [0.3, 0.4) is 0 Å². The smallest absolute Gasteiger partial charge is 0.257 e. The van der Waals surface area contributed by atoms with Crippen LogP contribution in [0.2, 0.25) is 5.02 Å². The lowest BCUT2D eigenvalue weighted by molar-refractivity contribution is -0.131. The lowest BCUT2D eigenvalue weighted by atomic mass is 9.85. The number of hydrogen-bond donors (Lipinski definition) is 2. The number of amides is 1. The van der Waals surface area contributed by atoms with Crippen LogP contribution in [0.5, 0.6) is 0 Å². The fourth-order valence-electron chi connectivity index (χ4n) is 3.11. The van der Waals surface area contributed by atoms with Crippen LogP contribution in [0.15, 0.2) is 28.8 Å². The first kappa shape index (κ1) is 16.9. The maximum absolute atomic E-state index is 12.6. The van der Waals surface area contributed by atoms with Gasteiger partial charge in [0.25, 0.3) is 5.89 Å². The highest BCUT2D eigenvalue weighted by molar-refractivity contribution is 6.30. The highest BCUT2D eigenvalue weighted by atomic mass is 35.5. The van der Waals surface area contributed by atoms with Gasteiger partial charge >= 0.3 is 0 Å². The van der Waals surface area contributed by atoms with Crippen LogP contribution < -0.4 is 11.1 Å². The lowest BCUT2D eigenvalue weighted by Gasteiger charge is -2.27. The topological polar surface area (TPSA) is 94.0 Å². The molecule has 1 fully saturated rings. The number of nitrogens with one attached hydrogen (secondary N) is 1. The Morgan fingerprint density at radius 3 is 2.67 bits per heavy atom. The molecular formula is C17H21ClN4O2. The van der Waals surface area contributed by atoms with E-state index in [0.717, 1.165) is 31.2 Å². The first-order chi connectivity index (χ1) is 11.5. The molecule has 1 aromatic heterocycles. The third-order valence-corrected chi connectivity index (χ3v) is 4.95. The minimum Gasteiger partial charge on any atom is -0.346 e. The fraction of sp³-hybridized carbons (Fsp3) is 0.471. The summed E-state index contributed by atoms with van der Waals surface area (Å²) < 4.78 is 5.29. The van der Waals surface area contributed by atoms with E-state index in [1.165, 1.54) is 0 Å². The molecule has 1 heterocycles. The third-order valence-electron chi connectivity index (χ3n) is 4.70. The number of carbonyl (C=O) groups excluding carboxylic acids is 1. The van der Waals surface area contributed by atoms with Crippen molar-refractivity contribution in [2.24, 2.45) is 11.1 Å². The zero-order chi connectivity index (χ0) is 17.2. The molecule has 1 amide bonds. The van der Waals surface area contributed by atoms with Crippen LogP contribution in [-0.4, -0.2) is 22.6 Å². The van der Waals surface area contributed by atoms with Crippen LogP contribution in [-0.2, 0) is 4.79 Å². The molecule has 128 valence electrons. The molecule has 0 spiro atoms. The van der Waals surface area contributed by atoms with Crippen molar-refractivity contribution in [3.63, 3.8) is 0 Å². The summed E-state index contributed by atoms with van der Waals surface area (Å²) in [6.07, 6.45) is 3.76. The standard InChI is InChI=1S/C17H21ClN4O2/c1-11(20-16(23)17(10-19)8-2-3-9-17)14-21-15(24-22-14)12-4-6-13(18)7-5-12/h4-7,11H,2-3,8-10,19H2,1H3,(H,20,23). The van der Waals surface area contributed by atoms with Crippen LogP contribution in [0.25, 0.3) is 11.5 Å². The Morgan fingerprint density at radius 1 is 1.38 bits per heavy atom. The zero-order valence-electron chi connectivity index (χ0n) is 13.6. The monoisotopic (exact) mass is 348 g/mol. The minimum absolute atomic E-state index is 0.0205. The Bertz CT molecular complexity index is 708. The molecule has 0 bridgehead atoms. The summed E-state index contributed by atoms with van der Waals surface area (Å²) >= 11 is 5.88. The van der Waals surface area contributed by atoms with Gasteiger partial charge in [0.1, 0.15) is 0 Å². The number of hydrogen-bond acceptors (Lipinski definition) is 5. The predicted molar refractivity (Wildman–Crippen MR) is 91.3 cm³/mol. The molecule has 2 aromatic rings. The average Bonchev–Trinajstić information content (AvgIpc) is 3.25. The molecule has 24 heavy (non-hydrogen) atoms. The molecule has 0 saturated heterocycles. The number of rotatable bonds is 5. The molecule has 0 radical (unpaired) electrons. The third kappa shape index (κ3) is 3.30. The Morgan fingerprint density at radius 2 is 2.04 bits per heavy atom. The molecular weight excluding hydrogens is 328 g/mol. The van der Waals surface area contributed by atoms with Gasteiger partial charge in [-0.05, 0) is 44.0 Å². The van der Waals surface area contributed by atoms with Crippen molar-refractivity contribution in [2.45, 2.75) is 38.6 Å². The maximum Gasteiger partial charge on any atom is 0.257 e. The number of aromatic nitrogens is 2. The Hall–Kier alpha value is -1.92. The van der Waals surface area contributed by atoms with E-state index >= 15 is 0 Å². The molecule has 0 aliphatic heterocycles. The van der Waals surface area contributed by atoms with Gasteiger partial charge in [0.15, 0.2) is 5.82 Å². The first-order valence-corrected chi connectivity index (χ1v) is 8.52. The van der Waals surface area contributed by atoms with Crippen molar-refractivity contribution >= 4 is 17.5 Å². The predicted octanol–water partition coefficient (Wildman–Crippen LogP) is 3.09. The number of nitrogens with zero attached hydrogens (tertiary/aromatic N) is 2. The Labute approximate surface area is 145 Å². The summed E-state index contributed by atoms with van der Waals surface area (Å²) in [7, 11) is 0. The van der Waals surface area contributed by atoms with E-state index in [1.54, 1.807) is 12.1 Å². The van der Waals surface area contributed by atoms with Gasteiger partial charge in [0.05, 0.1) is 11.5 Å². The number of nitrogens with two attached hydrogens (primary N) is 1. The van der Waals surface area contributed by atoms with Gasteiger partial charge in [-0.2, -0.15) is 4.98 Å². The summed E-state index contributed by atoms with van der Waals surface area (Å²) in [5, 5.41) is 7.60. The van der Waals surface area contributed by atoms with Crippen LogP contribution >= 0.6 is 11.6 Å². The molecule has 1 saturated carbocycles. The normalized spacial score (nSPS) is 17.6. The van der Waals surface area contributed by atoms with E-state index in [1.807, 2.05) is 19.1 Å². The van der Waals surface area contributed by atoms with Gasteiger partial charge in [-0.1, -0.05) is 29.6 Å². The van der Waals surface area contributed by atoms with Crippen LogP contribution in [0.1, 0.15) is 44.5 Å². The fourth-order valence-corrected chi connectivity index (χ4v) is 3.24. The molecule has 1 unspecified atom stereocenters. The van der Waals surface area contributed by atoms with Crippen molar-refractivity contribution in [2.75, 3.05) is 6.54 Å². The minimum atomic E-state index is -0.447. The molecule has 1 aromatic carbocycles. The van der Waals surface area contributed by atoms with Gasteiger partial charge in [-0.15, -0.1) is 0 Å². The van der Waals surface area contributed by atoms with Crippen molar-refractivity contribution in [1.82, 2.24) is 15.5 Å². The van der Waals surface area contributed by atoms with E-state index in [9.17, 15) is 4.79 Å². The highest BCUT2D eigenvalue weighted by Crippen LogP contribution is 2.37. The van der Waals surface area contributed by atoms with Crippen molar-refractivity contribution < 1.29 is 9.32 Å². The molecule has 7 heteroatoms. The van der Waals surface area contributed by atoms with E-state index < -0.39 is 5.41 Å². The van der Waals surface area contributed by atoms with Gasteiger partial charge in [-0.3, -0.25) is 4.79 Å². The van der Waals surface area contributed by atoms with Gasteiger partial charge in [0, 0.05) is 17.1 Å².